The monoisotopic (exact) mass is 418 g/mol. The molecule has 1 heterocycles. The first kappa shape index (κ1) is 21.9. The van der Waals surface area contributed by atoms with Gasteiger partial charge in [0.25, 0.3) is 0 Å². The number of benzene rings is 1. The van der Waals surface area contributed by atoms with Crippen molar-refractivity contribution in [3.63, 3.8) is 0 Å². The minimum atomic E-state index is -4.38. The van der Waals surface area contributed by atoms with E-state index in [0.29, 0.717) is 18.5 Å². The maximum atomic E-state index is 12.8. The van der Waals surface area contributed by atoms with Crippen LogP contribution in [0.3, 0.4) is 0 Å². The Bertz CT molecular complexity index is 829. The number of hydrogen-bond donors (Lipinski definition) is 1. The van der Waals surface area contributed by atoms with Crippen LogP contribution in [-0.2, 0) is 22.6 Å². The quantitative estimate of drug-likeness (QED) is 0.524. The highest BCUT2D eigenvalue weighted by molar-refractivity contribution is 7.91. The first-order valence-electron chi connectivity index (χ1n) is 8.81. The van der Waals surface area contributed by atoms with Gasteiger partial charge >= 0.3 is 6.18 Å². The van der Waals surface area contributed by atoms with E-state index in [-0.39, 0.29) is 4.21 Å². The number of hydrogen-bond acceptors (Lipinski definition) is 3. The molecule has 0 saturated carbocycles. The fraction of sp³-hybridized carbons (Fsp3) is 0.421. The Morgan fingerprint density at radius 3 is 2.59 bits per heavy atom. The van der Waals surface area contributed by atoms with Gasteiger partial charge in [0.2, 0.25) is 10.0 Å². The van der Waals surface area contributed by atoms with Crippen molar-refractivity contribution in [1.82, 2.24) is 4.72 Å². The van der Waals surface area contributed by atoms with E-state index >= 15 is 0 Å². The zero-order valence-corrected chi connectivity index (χ0v) is 16.7. The van der Waals surface area contributed by atoms with Gasteiger partial charge < -0.3 is 0 Å². The largest absolute Gasteiger partial charge is 0.416 e. The predicted molar refractivity (Wildman–Crippen MR) is 102 cm³/mol. The smallest absolute Gasteiger partial charge is 0.210 e. The molecule has 1 aromatic carbocycles. The predicted octanol–water partition coefficient (Wildman–Crippen LogP) is 5.42. The van der Waals surface area contributed by atoms with Crippen molar-refractivity contribution >= 4 is 21.4 Å². The standard InChI is InChI=1S/C19H23F3NO2S2/c1-2-3-4-5-13-23-27(24,25)18-12-11-17(26-18)10-9-15-7-6-8-16(14-15)19(20,21)22/h6-9,11-12,14,23H,2-5,10,13H2,1H3. The van der Waals surface area contributed by atoms with E-state index in [1.807, 2.05) is 0 Å². The van der Waals surface area contributed by atoms with E-state index in [2.05, 4.69) is 11.6 Å². The molecule has 3 nitrogen and oxygen atoms in total. The molecule has 0 aliphatic carbocycles. The highest BCUT2D eigenvalue weighted by Crippen LogP contribution is 2.30. The van der Waals surface area contributed by atoms with Crippen molar-refractivity contribution < 1.29 is 21.6 Å². The van der Waals surface area contributed by atoms with Gasteiger partial charge in [-0.15, -0.1) is 11.3 Å². The fourth-order valence-corrected chi connectivity index (χ4v) is 4.94. The molecule has 2 rings (SSSR count). The SMILES string of the molecule is CCCCCCNS(=O)(=O)c1ccc(C[CH]c2cccc(C(F)(F)F)c2)s1. The molecule has 0 unspecified atom stereocenters. The zero-order valence-electron chi connectivity index (χ0n) is 15.1. The number of nitrogens with one attached hydrogen (secondary N) is 1. The molecule has 0 saturated heterocycles. The molecule has 0 aliphatic heterocycles. The summed E-state index contributed by atoms with van der Waals surface area (Å²) >= 11 is 1.13. The second kappa shape index (κ2) is 9.71. The van der Waals surface area contributed by atoms with E-state index in [1.165, 1.54) is 12.1 Å². The molecule has 1 radical (unpaired) electrons. The van der Waals surface area contributed by atoms with Crippen LogP contribution in [0.5, 0.6) is 0 Å². The van der Waals surface area contributed by atoms with E-state index in [1.54, 1.807) is 18.6 Å². The van der Waals surface area contributed by atoms with Crippen molar-refractivity contribution in [3.05, 3.63) is 58.8 Å². The molecule has 2 aromatic rings. The summed E-state index contributed by atoms with van der Waals surface area (Å²) in [5.41, 5.74) is -0.241. The van der Waals surface area contributed by atoms with Crippen LogP contribution in [0.4, 0.5) is 13.2 Å². The summed E-state index contributed by atoms with van der Waals surface area (Å²) in [5, 5.41) is 0. The highest BCUT2D eigenvalue weighted by atomic mass is 32.2. The minimum Gasteiger partial charge on any atom is -0.210 e. The topological polar surface area (TPSA) is 46.2 Å². The van der Waals surface area contributed by atoms with Gasteiger partial charge in [-0.3, -0.25) is 0 Å². The maximum Gasteiger partial charge on any atom is 0.416 e. The van der Waals surface area contributed by atoms with Gasteiger partial charge in [0.1, 0.15) is 4.21 Å². The number of thiophene rings is 1. The molecule has 27 heavy (non-hydrogen) atoms. The third-order valence-corrected chi connectivity index (χ3v) is 7.04. The second-order valence-corrected chi connectivity index (χ2v) is 9.37. The molecule has 1 N–H and O–H groups in total. The molecule has 0 spiro atoms. The molecule has 0 amide bonds. The zero-order chi connectivity index (χ0) is 19.9. The summed E-state index contributed by atoms with van der Waals surface area (Å²) < 4.78 is 65.6. The van der Waals surface area contributed by atoms with E-state index in [9.17, 15) is 21.6 Å². The second-order valence-electron chi connectivity index (χ2n) is 6.21. The van der Waals surface area contributed by atoms with Gasteiger partial charge in [0.15, 0.2) is 0 Å². The summed E-state index contributed by atoms with van der Waals surface area (Å²) in [5.74, 6) is 0. The van der Waals surface area contributed by atoms with Crippen LogP contribution in [-0.4, -0.2) is 15.0 Å². The van der Waals surface area contributed by atoms with E-state index in [4.69, 9.17) is 0 Å². The molecule has 0 aliphatic rings. The summed E-state index contributed by atoms with van der Waals surface area (Å²) in [4.78, 5) is 0.777. The van der Waals surface area contributed by atoms with Crippen LogP contribution in [0.1, 0.15) is 48.6 Å². The lowest BCUT2D eigenvalue weighted by Crippen LogP contribution is -2.23. The van der Waals surface area contributed by atoms with Crippen molar-refractivity contribution in [3.8, 4) is 0 Å². The lowest BCUT2D eigenvalue weighted by molar-refractivity contribution is -0.137. The van der Waals surface area contributed by atoms with Gasteiger partial charge in [-0.05, 0) is 43.0 Å². The average molecular weight is 419 g/mol. The van der Waals surface area contributed by atoms with Gasteiger partial charge in [-0.2, -0.15) is 13.2 Å². The highest BCUT2D eigenvalue weighted by Gasteiger charge is 2.30. The lowest BCUT2D eigenvalue weighted by Gasteiger charge is -2.08. The van der Waals surface area contributed by atoms with Gasteiger partial charge in [-0.1, -0.05) is 44.4 Å². The van der Waals surface area contributed by atoms with E-state index in [0.717, 1.165) is 54.0 Å². The fourth-order valence-electron chi connectivity index (χ4n) is 2.50. The van der Waals surface area contributed by atoms with Crippen LogP contribution >= 0.6 is 11.3 Å². The van der Waals surface area contributed by atoms with Gasteiger partial charge in [-0.25, -0.2) is 13.1 Å². The Hall–Kier alpha value is -1.38. The molecular weight excluding hydrogens is 395 g/mol. The van der Waals surface area contributed by atoms with Gasteiger partial charge in [0.05, 0.1) is 5.56 Å². The van der Waals surface area contributed by atoms with Crippen LogP contribution in [0, 0.1) is 6.42 Å². The third kappa shape index (κ3) is 6.93. The number of sulfonamides is 1. The Kier molecular flexibility index (Phi) is 7.88. The molecule has 1 aromatic heterocycles. The Labute approximate surface area is 162 Å². The summed E-state index contributed by atoms with van der Waals surface area (Å²) in [6, 6.07) is 8.30. The van der Waals surface area contributed by atoms with E-state index < -0.39 is 21.8 Å². The Morgan fingerprint density at radius 1 is 1.11 bits per heavy atom. The Balaban J connectivity index is 1.92. The van der Waals surface area contributed by atoms with Crippen molar-refractivity contribution in [2.75, 3.05) is 6.54 Å². The van der Waals surface area contributed by atoms with Crippen molar-refractivity contribution in [2.24, 2.45) is 0 Å². The molecule has 8 heteroatoms. The lowest BCUT2D eigenvalue weighted by atomic mass is 10.1. The first-order chi connectivity index (χ1) is 12.7. The Morgan fingerprint density at radius 2 is 1.89 bits per heavy atom. The van der Waals surface area contributed by atoms with Crippen LogP contribution < -0.4 is 4.72 Å². The number of rotatable bonds is 10. The van der Waals surface area contributed by atoms with Gasteiger partial charge in [0, 0.05) is 11.4 Å². The van der Waals surface area contributed by atoms with Crippen molar-refractivity contribution in [1.29, 1.82) is 0 Å². The summed E-state index contributed by atoms with van der Waals surface area (Å²) in [6.07, 6.45) is 1.61. The molecule has 0 atom stereocenters. The summed E-state index contributed by atoms with van der Waals surface area (Å²) in [6.45, 7) is 2.50. The van der Waals surface area contributed by atoms with Crippen LogP contribution in [0.25, 0.3) is 0 Å². The van der Waals surface area contributed by atoms with Crippen LogP contribution in [0.2, 0.25) is 0 Å². The molecule has 149 valence electrons. The molecular formula is C19H23F3NO2S2. The van der Waals surface area contributed by atoms with Crippen LogP contribution in [0.15, 0.2) is 40.6 Å². The number of alkyl halides is 3. The minimum absolute atomic E-state index is 0.227. The molecule has 0 fully saturated rings. The third-order valence-electron chi connectivity index (χ3n) is 3.98. The van der Waals surface area contributed by atoms with Crippen molar-refractivity contribution in [2.45, 2.75) is 49.4 Å². The number of unbranched alkanes of at least 4 members (excludes halogenated alkanes) is 3. The normalized spacial score (nSPS) is 12.4. The summed E-state index contributed by atoms with van der Waals surface area (Å²) in [7, 11) is -3.53. The average Bonchev–Trinajstić information content (AvgIpc) is 3.09. The number of halogens is 3. The molecule has 0 bridgehead atoms. The maximum absolute atomic E-state index is 12.8. The first-order valence-corrected chi connectivity index (χ1v) is 11.1.